The summed E-state index contributed by atoms with van der Waals surface area (Å²) in [7, 11) is 1.86. The smallest absolute Gasteiger partial charge is 0.258 e. The minimum absolute atomic E-state index is 0.213. The minimum Gasteiger partial charge on any atom is -0.334 e. The number of likely N-dealkylation sites (N-methyl/N-ethyl adjacent to an activating group) is 1. The SMILES string of the molecule is CNC(C)Cc1noc(-c2cc(NC(C)=O)cc(NC(C)=O)c2)n1. The van der Waals surface area contributed by atoms with Gasteiger partial charge in [-0.25, -0.2) is 0 Å². The molecule has 1 unspecified atom stereocenters. The molecule has 1 atom stereocenters. The molecule has 1 aromatic heterocycles. The van der Waals surface area contributed by atoms with Crippen molar-refractivity contribution in [3.8, 4) is 11.5 Å². The number of rotatable bonds is 6. The number of nitrogens with zero attached hydrogens (tertiary/aromatic N) is 2. The standard InChI is InChI=1S/C16H21N5O3/c1-9(17-4)5-15-20-16(24-21-15)12-6-13(18-10(2)22)8-14(7-12)19-11(3)23/h6-9,17H,5H2,1-4H3,(H,18,22)(H,19,23). The molecule has 0 radical (unpaired) electrons. The molecule has 0 saturated heterocycles. The highest BCUT2D eigenvalue weighted by Crippen LogP contribution is 2.26. The lowest BCUT2D eigenvalue weighted by atomic mass is 10.1. The molecule has 8 nitrogen and oxygen atoms in total. The van der Waals surface area contributed by atoms with E-state index in [1.807, 2.05) is 14.0 Å². The van der Waals surface area contributed by atoms with Crippen LogP contribution in [0.4, 0.5) is 11.4 Å². The van der Waals surface area contributed by atoms with Crippen molar-refractivity contribution in [2.75, 3.05) is 17.7 Å². The van der Waals surface area contributed by atoms with Gasteiger partial charge < -0.3 is 20.5 Å². The van der Waals surface area contributed by atoms with E-state index in [0.29, 0.717) is 35.1 Å². The van der Waals surface area contributed by atoms with Crippen LogP contribution in [0.2, 0.25) is 0 Å². The Morgan fingerprint density at radius 2 is 1.71 bits per heavy atom. The summed E-state index contributed by atoms with van der Waals surface area (Å²) in [4.78, 5) is 27.0. The van der Waals surface area contributed by atoms with Gasteiger partial charge in [0.05, 0.1) is 0 Å². The van der Waals surface area contributed by atoms with Crippen LogP contribution in [0.15, 0.2) is 22.7 Å². The second-order valence-electron chi connectivity index (χ2n) is 5.57. The molecule has 0 fully saturated rings. The lowest BCUT2D eigenvalue weighted by Crippen LogP contribution is -2.24. The van der Waals surface area contributed by atoms with Crippen molar-refractivity contribution in [3.05, 3.63) is 24.0 Å². The van der Waals surface area contributed by atoms with Gasteiger partial charge in [-0.15, -0.1) is 0 Å². The lowest BCUT2D eigenvalue weighted by molar-refractivity contribution is -0.115. The number of aromatic nitrogens is 2. The van der Waals surface area contributed by atoms with Crippen molar-refractivity contribution < 1.29 is 14.1 Å². The quantitative estimate of drug-likeness (QED) is 0.745. The fourth-order valence-electron chi connectivity index (χ4n) is 2.13. The highest BCUT2D eigenvalue weighted by atomic mass is 16.5. The maximum atomic E-state index is 11.3. The van der Waals surface area contributed by atoms with Crippen molar-refractivity contribution >= 4 is 23.2 Å². The summed E-state index contributed by atoms with van der Waals surface area (Å²) in [5, 5.41) is 12.4. The summed E-state index contributed by atoms with van der Waals surface area (Å²) in [6.07, 6.45) is 0.629. The number of amides is 2. The summed E-state index contributed by atoms with van der Waals surface area (Å²) in [5.41, 5.74) is 1.68. The molecule has 0 spiro atoms. The van der Waals surface area contributed by atoms with E-state index in [9.17, 15) is 9.59 Å². The van der Waals surface area contributed by atoms with Gasteiger partial charge in [0.2, 0.25) is 11.8 Å². The Morgan fingerprint density at radius 1 is 1.12 bits per heavy atom. The van der Waals surface area contributed by atoms with Gasteiger partial charge in [0, 0.05) is 43.2 Å². The van der Waals surface area contributed by atoms with E-state index in [-0.39, 0.29) is 17.9 Å². The zero-order valence-electron chi connectivity index (χ0n) is 14.1. The molecule has 0 bridgehead atoms. The second-order valence-corrected chi connectivity index (χ2v) is 5.57. The number of hydrogen-bond acceptors (Lipinski definition) is 6. The van der Waals surface area contributed by atoms with Gasteiger partial charge in [-0.05, 0) is 32.2 Å². The van der Waals surface area contributed by atoms with Crippen molar-refractivity contribution in [2.24, 2.45) is 0 Å². The fraction of sp³-hybridized carbons (Fsp3) is 0.375. The zero-order chi connectivity index (χ0) is 17.7. The Kier molecular flexibility index (Phi) is 5.64. The third-order valence-electron chi connectivity index (χ3n) is 3.27. The van der Waals surface area contributed by atoms with Crippen molar-refractivity contribution in [1.82, 2.24) is 15.5 Å². The van der Waals surface area contributed by atoms with Crippen LogP contribution in [0, 0.1) is 0 Å². The minimum atomic E-state index is -0.213. The van der Waals surface area contributed by atoms with Gasteiger partial charge >= 0.3 is 0 Å². The Hall–Kier alpha value is -2.74. The molecular weight excluding hydrogens is 310 g/mol. The first-order chi connectivity index (χ1) is 11.4. The van der Waals surface area contributed by atoms with Crippen LogP contribution in [0.3, 0.4) is 0 Å². The average Bonchev–Trinajstić information content (AvgIpc) is 2.94. The molecule has 3 N–H and O–H groups in total. The van der Waals surface area contributed by atoms with E-state index in [0.717, 1.165) is 0 Å². The number of carbonyl (C=O) groups is 2. The Bertz CT molecular complexity index is 707. The highest BCUT2D eigenvalue weighted by Gasteiger charge is 2.13. The van der Waals surface area contributed by atoms with Gasteiger partial charge in [-0.1, -0.05) is 5.16 Å². The average molecular weight is 331 g/mol. The summed E-state index contributed by atoms with van der Waals surface area (Å²) >= 11 is 0. The molecule has 0 aliphatic rings. The number of benzene rings is 1. The van der Waals surface area contributed by atoms with Crippen LogP contribution < -0.4 is 16.0 Å². The van der Waals surface area contributed by atoms with Crippen LogP contribution in [0.5, 0.6) is 0 Å². The first kappa shape index (κ1) is 17.6. The molecule has 0 aliphatic carbocycles. The third-order valence-corrected chi connectivity index (χ3v) is 3.27. The van der Waals surface area contributed by atoms with E-state index < -0.39 is 0 Å². The molecule has 1 aromatic carbocycles. The van der Waals surface area contributed by atoms with E-state index >= 15 is 0 Å². The molecule has 8 heteroatoms. The predicted octanol–water partition coefficient (Wildman–Crippen LogP) is 1.80. The largest absolute Gasteiger partial charge is 0.334 e. The summed E-state index contributed by atoms with van der Waals surface area (Å²) in [6, 6.07) is 5.31. The molecule has 1 heterocycles. The van der Waals surface area contributed by atoms with Crippen LogP contribution in [-0.4, -0.2) is 35.0 Å². The fourth-order valence-corrected chi connectivity index (χ4v) is 2.13. The summed E-state index contributed by atoms with van der Waals surface area (Å²) < 4.78 is 5.30. The van der Waals surface area contributed by atoms with Crippen LogP contribution in [0.25, 0.3) is 11.5 Å². The maximum Gasteiger partial charge on any atom is 0.258 e. The number of carbonyl (C=O) groups excluding carboxylic acids is 2. The number of anilines is 2. The Labute approximate surface area is 140 Å². The first-order valence-electron chi connectivity index (χ1n) is 7.58. The predicted molar refractivity (Wildman–Crippen MR) is 90.6 cm³/mol. The highest BCUT2D eigenvalue weighted by molar-refractivity contribution is 5.93. The van der Waals surface area contributed by atoms with Crippen molar-refractivity contribution in [2.45, 2.75) is 33.2 Å². The monoisotopic (exact) mass is 331 g/mol. The van der Waals surface area contributed by atoms with E-state index in [2.05, 4.69) is 26.1 Å². The number of nitrogens with one attached hydrogen (secondary N) is 3. The van der Waals surface area contributed by atoms with Gasteiger partial charge in [0.15, 0.2) is 5.82 Å². The molecule has 24 heavy (non-hydrogen) atoms. The molecule has 2 amide bonds. The van der Waals surface area contributed by atoms with Crippen LogP contribution >= 0.6 is 0 Å². The maximum absolute atomic E-state index is 11.3. The molecule has 2 rings (SSSR count). The normalized spacial score (nSPS) is 11.8. The van der Waals surface area contributed by atoms with Crippen molar-refractivity contribution in [1.29, 1.82) is 0 Å². The third kappa shape index (κ3) is 4.88. The van der Waals surface area contributed by atoms with E-state index in [1.165, 1.54) is 13.8 Å². The van der Waals surface area contributed by atoms with Crippen LogP contribution in [-0.2, 0) is 16.0 Å². The second kappa shape index (κ2) is 7.69. The van der Waals surface area contributed by atoms with Crippen LogP contribution in [0.1, 0.15) is 26.6 Å². The molecule has 0 aliphatic heterocycles. The molecule has 2 aromatic rings. The topological polar surface area (TPSA) is 109 Å². The summed E-state index contributed by atoms with van der Waals surface area (Å²) in [6.45, 7) is 4.84. The summed E-state index contributed by atoms with van der Waals surface area (Å²) in [5.74, 6) is 0.481. The number of hydrogen-bond donors (Lipinski definition) is 3. The van der Waals surface area contributed by atoms with Crippen molar-refractivity contribution in [3.63, 3.8) is 0 Å². The molecule has 128 valence electrons. The first-order valence-corrected chi connectivity index (χ1v) is 7.58. The van der Waals surface area contributed by atoms with Gasteiger partial charge in [0.25, 0.3) is 5.89 Å². The lowest BCUT2D eigenvalue weighted by Gasteiger charge is -2.08. The molecule has 0 saturated carbocycles. The van der Waals surface area contributed by atoms with Gasteiger partial charge in [-0.3, -0.25) is 9.59 Å². The Morgan fingerprint density at radius 3 is 2.21 bits per heavy atom. The Balaban J connectivity index is 2.33. The van der Waals surface area contributed by atoms with Gasteiger partial charge in [0.1, 0.15) is 0 Å². The molecular formula is C16H21N5O3. The van der Waals surface area contributed by atoms with Gasteiger partial charge in [-0.2, -0.15) is 4.98 Å². The van der Waals surface area contributed by atoms with E-state index in [4.69, 9.17) is 4.52 Å². The zero-order valence-corrected chi connectivity index (χ0v) is 14.1. The van der Waals surface area contributed by atoms with E-state index in [1.54, 1.807) is 18.2 Å².